The first-order chi connectivity index (χ1) is 8.33. The van der Waals surface area contributed by atoms with E-state index < -0.39 is 0 Å². The van der Waals surface area contributed by atoms with Gasteiger partial charge in [-0.3, -0.25) is 4.98 Å². The lowest BCUT2D eigenvalue weighted by Gasteiger charge is -2.04. The summed E-state index contributed by atoms with van der Waals surface area (Å²) in [5, 5.41) is 2.44. The zero-order chi connectivity index (χ0) is 11.7. The first kappa shape index (κ1) is 10.1. The van der Waals surface area contributed by atoms with Crippen LogP contribution in [0.1, 0.15) is 0 Å². The Morgan fingerprint density at radius 1 is 0.765 bits per heavy atom. The fourth-order valence-corrected chi connectivity index (χ4v) is 2.06. The highest BCUT2D eigenvalue weighted by molar-refractivity contribution is 6.31. The van der Waals surface area contributed by atoms with E-state index in [4.69, 9.17) is 0 Å². The number of hydrogen-bond acceptors (Lipinski definition) is 1. The standard InChI is InChI=1S/C15H12BN/c16-15-9-14-8-12(6-7-13(14)10-17-15)11-4-2-1-3-5-11/h1-10H,16H2. The van der Waals surface area contributed by atoms with Gasteiger partial charge in [0.15, 0.2) is 7.85 Å². The Kier molecular flexibility index (Phi) is 2.41. The number of fused-ring (bicyclic) bond motifs is 1. The molecule has 0 aliphatic heterocycles. The zero-order valence-corrected chi connectivity index (χ0v) is 9.72. The van der Waals surface area contributed by atoms with Crippen molar-refractivity contribution in [1.82, 2.24) is 4.98 Å². The monoisotopic (exact) mass is 217 g/mol. The van der Waals surface area contributed by atoms with Gasteiger partial charge in [-0.05, 0) is 39.6 Å². The van der Waals surface area contributed by atoms with Crippen LogP contribution in [0.25, 0.3) is 21.9 Å². The minimum absolute atomic E-state index is 1.06. The molecular weight excluding hydrogens is 205 g/mol. The Labute approximate surface area is 102 Å². The molecule has 0 bridgehead atoms. The van der Waals surface area contributed by atoms with Crippen LogP contribution in [-0.4, -0.2) is 12.8 Å². The molecule has 3 rings (SSSR count). The van der Waals surface area contributed by atoms with Crippen LogP contribution in [0, 0.1) is 0 Å². The summed E-state index contributed by atoms with van der Waals surface area (Å²) in [6, 6.07) is 19.1. The normalized spacial score (nSPS) is 10.6. The minimum Gasteiger partial charge on any atom is -0.271 e. The molecule has 0 amide bonds. The molecule has 17 heavy (non-hydrogen) atoms. The summed E-state index contributed by atoms with van der Waals surface area (Å²) in [6.45, 7) is 0. The molecule has 0 saturated heterocycles. The molecule has 3 aromatic rings. The van der Waals surface area contributed by atoms with E-state index in [-0.39, 0.29) is 0 Å². The summed E-state index contributed by atoms with van der Waals surface area (Å²) in [5.41, 5.74) is 3.57. The maximum Gasteiger partial charge on any atom is 0.163 e. The van der Waals surface area contributed by atoms with E-state index in [0.29, 0.717) is 0 Å². The molecule has 0 radical (unpaired) electrons. The highest BCUT2D eigenvalue weighted by atomic mass is 14.6. The zero-order valence-electron chi connectivity index (χ0n) is 9.72. The van der Waals surface area contributed by atoms with E-state index in [1.54, 1.807) is 0 Å². The van der Waals surface area contributed by atoms with E-state index >= 15 is 0 Å². The van der Waals surface area contributed by atoms with Gasteiger partial charge in [-0.15, -0.1) is 0 Å². The lowest BCUT2D eigenvalue weighted by atomic mass is 9.98. The number of rotatable bonds is 1. The second-order valence-electron chi connectivity index (χ2n) is 4.25. The Hall–Kier alpha value is -2.09. The minimum atomic E-state index is 1.06. The second-order valence-corrected chi connectivity index (χ2v) is 4.25. The molecule has 0 aliphatic carbocycles. The molecule has 0 N–H and O–H groups in total. The Balaban J connectivity index is 2.19. The highest BCUT2D eigenvalue weighted by Gasteiger charge is 1.99. The second kappa shape index (κ2) is 4.06. The van der Waals surface area contributed by atoms with Gasteiger partial charge in [0.25, 0.3) is 0 Å². The van der Waals surface area contributed by atoms with Crippen molar-refractivity contribution >= 4 is 24.2 Å². The average Bonchev–Trinajstić information content (AvgIpc) is 2.39. The van der Waals surface area contributed by atoms with Gasteiger partial charge < -0.3 is 0 Å². The molecule has 0 atom stereocenters. The van der Waals surface area contributed by atoms with Gasteiger partial charge in [0.1, 0.15) is 0 Å². The van der Waals surface area contributed by atoms with Gasteiger partial charge in [-0.25, -0.2) is 0 Å². The highest BCUT2D eigenvalue weighted by Crippen LogP contribution is 2.23. The summed E-state index contributed by atoms with van der Waals surface area (Å²) in [5.74, 6) is 0. The smallest absolute Gasteiger partial charge is 0.163 e. The quantitative estimate of drug-likeness (QED) is 0.569. The molecule has 0 aliphatic rings. The van der Waals surface area contributed by atoms with Crippen LogP contribution in [0.4, 0.5) is 0 Å². The molecule has 1 nitrogen and oxygen atoms in total. The van der Waals surface area contributed by atoms with Crippen LogP contribution in [0.3, 0.4) is 0 Å². The number of pyridine rings is 1. The summed E-state index contributed by atoms with van der Waals surface area (Å²) in [7, 11) is 2.02. The third-order valence-corrected chi connectivity index (χ3v) is 2.97. The first-order valence-corrected chi connectivity index (χ1v) is 5.75. The fourth-order valence-electron chi connectivity index (χ4n) is 2.06. The van der Waals surface area contributed by atoms with Crippen molar-refractivity contribution in [3.05, 3.63) is 60.8 Å². The molecule has 0 saturated carbocycles. The van der Waals surface area contributed by atoms with Crippen LogP contribution in [0.15, 0.2) is 60.8 Å². The number of hydrogen-bond donors (Lipinski definition) is 0. The summed E-state index contributed by atoms with van der Waals surface area (Å²) in [4.78, 5) is 4.31. The van der Waals surface area contributed by atoms with Crippen LogP contribution in [0.5, 0.6) is 0 Å². The molecule has 80 valence electrons. The summed E-state index contributed by atoms with van der Waals surface area (Å²) < 4.78 is 0. The van der Waals surface area contributed by atoms with Gasteiger partial charge in [-0.2, -0.15) is 0 Å². The summed E-state index contributed by atoms with van der Waals surface area (Å²) in [6.07, 6.45) is 1.93. The SMILES string of the molecule is Bc1cc2cc(-c3ccccc3)ccc2cn1. The summed E-state index contributed by atoms with van der Waals surface area (Å²) >= 11 is 0. The van der Waals surface area contributed by atoms with Crippen molar-refractivity contribution in [2.45, 2.75) is 0 Å². The third kappa shape index (κ3) is 1.94. The van der Waals surface area contributed by atoms with Gasteiger partial charge in [-0.1, -0.05) is 42.5 Å². The van der Waals surface area contributed by atoms with E-state index in [2.05, 4.69) is 53.5 Å². The molecule has 2 heteroatoms. The molecular formula is C15H12BN. The van der Waals surface area contributed by atoms with Gasteiger partial charge in [0.2, 0.25) is 0 Å². The molecule has 0 unspecified atom stereocenters. The number of benzene rings is 2. The molecule has 2 aromatic carbocycles. The van der Waals surface area contributed by atoms with Gasteiger partial charge in [0, 0.05) is 6.20 Å². The third-order valence-electron chi connectivity index (χ3n) is 2.97. The fraction of sp³-hybridized carbons (Fsp3) is 0. The van der Waals surface area contributed by atoms with Gasteiger partial charge >= 0.3 is 0 Å². The lowest BCUT2D eigenvalue weighted by molar-refractivity contribution is 1.43. The molecule has 1 aromatic heterocycles. The van der Waals surface area contributed by atoms with Crippen LogP contribution < -0.4 is 5.59 Å². The van der Waals surface area contributed by atoms with Crippen LogP contribution in [0.2, 0.25) is 0 Å². The first-order valence-electron chi connectivity index (χ1n) is 5.75. The predicted octanol–water partition coefficient (Wildman–Crippen LogP) is 2.16. The van der Waals surface area contributed by atoms with Crippen molar-refractivity contribution in [3.63, 3.8) is 0 Å². The Bertz CT molecular complexity index is 662. The Morgan fingerprint density at radius 3 is 2.41 bits per heavy atom. The molecule has 0 spiro atoms. The van der Waals surface area contributed by atoms with Crippen molar-refractivity contribution < 1.29 is 0 Å². The number of aromatic nitrogens is 1. The van der Waals surface area contributed by atoms with Crippen LogP contribution in [-0.2, 0) is 0 Å². The van der Waals surface area contributed by atoms with Gasteiger partial charge in [0.05, 0.1) is 0 Å². The van der Waals surface area contributed by atoms with E-state index in [0.717, 1.165) is 5.59 Å². The van der Waals surface area contributed by atoms with Crippen molar-refractivity contribution in [1.29, 1.82) is 0 Å². The number of nitrogens with zero attached hydrogens (tertiary/aromatic N) is 1. The van der Waals surface area contributed by atoms with E-state index in [9.17, 15) is 0 Å². The lowest BCUT2D eigenvalue weighted by Crippen LogP contribution is -2.05. The molecule has 0 fully saturated rings. The largest absolute Gasteiger partial charge is 0.271 e. The van der Waals surface area contributed by atoms with Crippen molar-refractivity contribution in [2.24, 2.45) is 0 Å². The van der Waals surface area contributed by atoms with Crippen molar-refractivity contribution in [3.8, 4) is 11.1 Å². The predicted molar refractivity (Wildman–Crippen MR) is 75.4 cm³/mol. The average molecular weight is 217 g/mol. The maximum absolute atomic E-state index is 4.31. The van der Waals surface area contributed by atoms with Crippen LogP contribution >= 0.6 is 0 Å². The topological polar surface area (TPSA) is 12.9 Å². The maximum atomic E-state index is 4.31. The van der Waals surface area contributed by atoms with E-state index in [1.807, 2.05) is 20.1 Å². The van der Waals surface area contributed by atoms with E-state index in [1.165, 1.54) is 21.9 Å². The Morgan fingerprint density at radius 2 is 1.59 bits per heavy atom. The molecule has 1 heterocycles. The van der Waals surface area contributed by atoms with Crippen molar-refractivity contribution in [2.75, 3.05) is 0 Å².